The number of halogens is 3. The van der Waals surface area contributed by atoms with Gasteiger partial charge < -0.3 is 4.98 Å². The fraction of sp³-hybridized carbons (Fsp3) is 0.692. The number of fused-ring (bicyclic) bond motifs is 1. The van der Waals surface area contributed by atoms with E-state index in [1.807, 2.05) is 4.98 Å². The second-order valence-corrected chi connectivity index (χ2v) is 5.55. The van der Waals surface area contributed by atoms with E-state index in [0.29, 0.717) is 31.0 Å². The molecule has 2 rings (SSSR count). The topological polar surface area (TPSA) is 49.0 Å². The quantitative estimate of drug-likeness (QED) is 0.928. The highest BCUT2D eigenvalue weighted by molar-refractivity contribution is 5.21. The van der Waals surface area contributed by atoms with Crippen LogP contribution in [0.2, 0.25) is 0 Å². The molecule has 7 heteroatoms. The number of H-pyrrole nitrogens is 1. The second kappa shape index (κ2) is 5.55. The predicted molar refractivity (Wildman–Crippen MR) is 68.3 cm³/mol. The average molecular weight is 289 g/mol. The Morgan fingerprint density at radius 3 is 2.70 bits per heavy atom. The zero-order valence-corrected chi connectivity index (χ0v) is 11.5. The zero-order chi connectivity index (χ0) is 14.9. The van der Waals surface area contributed by atoms with Crippen LogP contribution >= 0.6 is 0 Å². The van der Waals surface area contributed by atoms with Crippen molar-refractivity contribution in [3.05, 3.63) is 27.4 Å². The van der Waals surface area contributed by atoms with Crippen molar-refractivity contribution < 1.29 is 13.2 Å². The van der Waals surface area contributed by atoms with E-state index >= 15 is 0 Å². The van der Waals surface area contributed by atoms with Crippen molar-refractivity contribution in [3.8, 4) is 0 Å². The minimum absolute atomic E-state index is 0.260. The Morgan fingerprint density at radius 2 is 2.10 bits per heavy atom. The van der Waals surface area contributed by atoms with Gasteiger partial charge in [0.2, 0.25) is 5.82 Å². The van der Waals surface area contributed by atoms with E-state index in [1.165, 1.54) is 0 Å². The summed E-state index contributed by atoms with van der Waals surface area (Å²) in [6, 6.07) is 0. The van der Waals surface area contributed by atoms with Crippen molar-refractivity contribution in [1.29, 1.82) is 0 Å². The molecule has 1 aromatic rings. The van der Waals surface area contributed by atoms with Crippen LogP contribution in [0.1, 0.15) is 37.4 Å². The van der Waals surface area contributed by atoms with Gasteiger partial charge in [0, 0.05) is 18.7 Å². The van der Waals surface area contributed by atoms with Gasteiger partial charge in [-0.25, -0.2) is 4.98 Å². The van der Waals surface area contributed by atoms with Crippen LogP contribution in [0.4, 0.5) is 13.2 Å². The van der Waals surface area contributed by atoms with Gasteiger partial charge >= 0.3 is 6.18 Å². The van der Waals surface area contributed by atoms with Crippen LogP contribution in [-0.2, 0) is 19.1 Å². The molecule has 20 heavy (non-hydrogen) atoms. The highest BCUT2D eigenvalue weighted by atomic mass is 19.4. The summed E-state index contributed by atoms with van der Waals surface area (Å²) in [7, 11) is 0. The van der Waals surface area contributed by atoms with Gasteiger partial charge in [0.05, 0.1) is 5.69 Å². The van der Waals surface area contributed by atoms with Crippen LogP contribution in [0.25, 0.3) is 0 Å². The third-order valence-corrected chi connectivity index (χ3v) is 3.44. The lowest BCUT2D eigenvalue weighted by Crippen LogP contribution is -2.37. The summed E-state index contributed by atoms with van der Waals surface area (Å²) < 4.78 is 37.9. The minimum Gasteiger partial charge on any atom is -0.303 e. The van der Waals surface area contributed by atoms with E-state index in [4.69, 9.17) is 0 Å². The molecule has 0 atom stereocenters. The van der Waals surface area contributed by atoms with E-state index in [1.54, 1.807) is 0 Å². The molecular weight excluding hydrogens is 271 g/mol. The van der Waals surface area contributed by atoms with Gasteiger partial charge in [-0.2, -0.15) is 13.2 Å². The highest BCUT2D eigenvalue weighted by Crippen LogP contribution is 2.26. The number of hydrogen-bond donors (Lipinski definition) is 1. The van der Waals surface area contributed by atoms with E-state index in [-0.39, 0.29) is 5.69 Å². The number of alkyl halides is 3. The highest BCUT2D eigenvalue weighted by Gasteiger charge is 2.35. The number of hydrogen-bond acceptors (Lipinski definition) is 3. The summed E-state index contributed by atoms with van der Waals surface area (Å²) in [6.07, 6.45) is -3.19. The Labute approximate surface area is 115 Å². The van der Waals surface area contributed by atoms with Crippen LogP contribution in [0, 0.1) is 5.92 Å². The average Bonchev–Trinajstić information content (AvgIpc) is 2.34. The first kappa shape index (κ1) is 15.0. The first-order valence-electron chi connectivity index (χ1n) is 6.69. The number of rotatable bonds is 3. The van der Waals surface area contributed by atoms with Crippen molar-refractivity contribution in [1.82, 2.24) is 14.9 Å². The van der Waals surface area contributed by atoms with Crippen LogP contribution in [-0.4, -0.2) is 28.0 Å². The molecule has 0 saturated heterocycles. The number of aromatic nitrogens is 2. The Morgan fingerprint density at radius 1 is 1.40 bits per heavy atom. The monoisotopic (exact) mass is 289 g/mol. The third-order valence-electron chi connectivity index (χ3n) is 3.44. The van der Waals surface area contributed by atoms with Crippen LogP contribution in [0.15, 0.2) is 4.79 Å². The molecular formula is C13H18F3N3O. The largest absolute Gasteiger partial charge is 0.449 e. The van der Waals surface area contributed by atoms with Gasteiger partial charge in [-0.05, 0) is 25.3 Å². The predicted octanol–water partition coefficient (Wildman–Crippen LogP) is 2.19. The van der Waals surface area contributed by atoms with Crippen LogP contribution in [0.5, 0.6) is 0 Å². The summed E-state index contributed by atoms with van der Waals surface area (Å²) >= 11 is 0. The fourth-order valence-corrected chi connectivity index (χ4v) is 2.26. The molecule has 2 heterocycles. The summed E-state index contributed by atoms with van der Waals surface area (Å²) in [6.45, 7) is 6.02. The third kappa shape index (κ3) is 3.39. The van der Waals surface area contributed by atoms with Gasteiger partial charge in [-0.1, -0.05) is 13.8 Å². The van der Waals surface area contributed by atoms with Crippen molar-refractivity contribution in [2.75, 3.05) is 13.1 Å². The Balaban J connectivity index is 2.22. The summed E-state index contributed by atoms with van der Waals surface area (Å²) in [4.78, 5) is 19.2. The number of aromatic amines is 1. The molecule has 0 unspecified atom stereocenters. The Hall–Kier alpha value is -1.37. The molecule has 1 N–H and O–H groups in total. The first-order chi connectivity index (χ1) is 9.27. The van der Waals surface area contributed by atoms with Gasteiger partial charge in [-0.15, -0.1) is 0 Å². The van der Waals surface area contributed by atoms with Crippen LogP contribution < -0.4 is 5.56 Å². The molecule has 1 aliphatic heterocycles. The summed E-state index contributed by atoms with van der Waals surface area (Å²) in [5.74, 6) is -0.666. The van der Waals surface area contributed by atoms with E-state index in [0.717, 1.165) is 13.0 Å². The molecule has 1 aliphatic rings. The van der Waals surface area contributed by atoms with Gasteiger partial charge in [-0.3, -0.25) is 9.69 Å². The molecule has 0 fully saturated rings. The van der Waals surface area contributed by atoms with Gasteiger partial charge in [0.25, 0.3) is 5.56 Å². The lowest BCUT2D eigenvalue weighted by Gasteiger charge is -2.28. The summed E-state index contributed by atoms with van der Waals surface area (Å²) in [5.41, 5.74) is -0.0132. The van der Waals surface area contributed by atoms with E-state index < -0.39 is 17.6 Å². The van der Waals surface area contributed by atoms with Crippen molar-refractivity contribution in [2.45, 2.75) is 39.4 Å². The number of nitrogens with zero attached hydrogens (tertiary/aromatic N) is 2. The molecule has 0 amide bonds. The van der Waals surface area contributed by atoms with Crippen LogP contribution in [0.3, 0.4) is 0 Å². The van der Waals surface area contributed by atoms with Crippen molar-refractivity contribution in [3.63, 3.8) is 0 Å². The van der Waals surface area contributed by atoms with Crippen molar-refractivity contribution >= 4 is 0 Å². The molecule has 1 aromatic heterocycles. The standard InChI is InChI=1S/C13H18F3N3O/c1-8(2)3-5-19-6-4-9-10(7-19)17-12(13(14,15)16)18-11(9)20/h8H,3-7H2,1-2H3,(H,17,18,20). The zero-order valence-electron chi connectivity index (χ0n) is 11.5. The number of nitrogens with one attached hydrogen (secondary N) is 1. The molecule has 0 radical (unpaired) electrons. The molecule has 4 nitrogen and oxygen atoms in total. The molecule has 112 valence electrons. The normalized spacial score (nSPS) is 16.5. The molecule has 0 aliphatic carbocycles. The molecule has 0 bridgehead atoms. The maximum atomic E-state index is 12.6. The fourth-order valence-electron chi connectivity index (χ4n) is 2.26. The maximum absolute atomic E-state index is 12.6. The van der Waals surface area contributed by atoms with Gasteiger partial charge in [0.1, 0.15) is 0 Å². The maximum Gasteiger partial charge on any atom is 0.449 e. The van der Waals surface area contributed by atoms with E-state index in [2.05, 4.69) is 23.7 Å². The first-order valence-corrected chi connectivity index (χ1v) is 6.69. The molecule has 0 spiro atoms. The second-order valence-electron chi connectivity index (χ2n) is 5.55. The minimum atomic E-state index is -4.62. The molecule has 0 aromatic carbocycles. The van der Waals surface area contributed by atoms with Crippen molar-refractivity contribution in [2.24, 2.45) is 5.92 Å². The Bertz CT molecular complexity index is 537. The molecule has 0 saturated carbocycles. The lowest BCUT2D eigenvalue weighted by atomic mass is 10.0. The van der Waals surface area contributed by atoms with E-state index in [9.17, 15) is 18.0 Å². The van der Waals surface area contributed by atoms with Gasteiger partial charge in [0.15, 0.2) is 0 Å². The Kier molecular flexibility index (Phi) is 4.17. The smallest absolute Gasteiger partial charge is 0.303 e. The summed E-state index contributed by atoms with van der Waals surface area (Å²) in [5, 5.41) is 0. The lowest BCUT2D eigenvalue weighted by molar-refractivity contribution is -0.145. The SMILES string of the molecule is CC(C)CCN1CCc2c(nc(C(F)(F)F)[nH]c2=O)C1.